The summed E-state index contributed by atoms with van der Waals surface area (Å²) in [6.45, 7) is 1.54. The average molecular weight is 329 g/mol. The third-order valence-corrected chi connectivity index (χ3v) is 2.99. The highest BCUT2D eigenvalue weighted by Gasteiger charge is 2.18. The summed E-state index contributed by atoms with van der Waals surface area (Å²) in [5, 5.41) is 0. The van der Waals surface area contributed by atoms with Crippen LogP contribution in [0.15, 0.2) is 34.9 Å². The fourth-order valence-electron chi connectivity index (χ4n) is 1.67. The van der Waals surface area contributed by atoms with Gasteiger partial charge in [-0.05, 0) is 41.1 Å². The summed E-state index contributed by atoms with van der Waals surface area (Å²) >= 11 is 3.23. The Morgan fingerprint density at radius 2 is 1.95 bits per heavy atom. The molecule has 1 aromatic carbocycles. The van der Waals surface area contributed by atoms with Gasteiger partial charge in [0.1, 0.15) is 17.7 Å². The molecule has 0 aliphatic heterocycles. The van der Waals surface area contributed by atoms with Gasteiger partial charge >= 0.3 is 0 Å². The highest BCUT2D eigenvalue weighted by atomic mass is 79.9. The van der Waals surface area contributed by atoms with Crippen LogP contribution in [0.5, 0.6) is 5.75 Å². The molecule has 2 N–H and O–H groups in total. The Morgan fingerprint density at radius 3 is 2.58 bits per heavy atom. The number of hydrogen-bond acceptors (Lipinski definition) is 3. The van der Waals surface area contributed by atoms with Crippen molar-refractivity contribution in [2.45, 2.75) is 13.0 Å². The van der Waals surface area contributed by atoms with E-state index in [0.29, 0.717) is 4.47 Å². The van der Waals surface area contributed by atoms with Gasteiger partial charge in [-0.2, -0.15) is 0 Å². The lowest BCUT2D eigenvalue weighted by molar-refractivity contribution is 0.216. The molecule has 0 spiro atoms. The molecule has 0 fully saturated rings. The summed E-state index contributed by atoms with van der Waals surface area (Å²) in [6.07, 6.45) is 0.691. The van der Waals surface area contributed by atoms with Crippen molar-refractivity contribution < 1.29 is 13.5 Å². The zero-order valence-corrected chi connectivity index (χ0v) is 11.6. The minimum absolute atomic E-state index is 0.137. The number of nitrogens with two attached hydrogens (primary N) is 1. The Kier molecular flexibility index (Phi) is 3.99. The van der Waals surface area contributed by atoms with Crippen LogP contribution in [0.25, 0.3) is 0 Å². The van der Waals surface area contributed by atoms with Crippen LogP contribution in [0.4, 0.5) is 14.6 Å². The first-order valence-electron chi connectivity index (χ1n) is 5.50. The van der Waals surface area contributed by atoms with Crippen molar-refractivity contribution in [1.82, 2.24) is 4.98 Å². The van der Waals surface area contributed by atoms with E-state index in [1.807, 2.05) is 0 Å². The molecule has 0 bridgehead atoms. The summed E-state index contributed by atoms with van der Waals surface area (Å²) in [7, 11) is 0. The predicted octanol–water partition coefficient (Wildman–Crippen LogP) is 3.84. The summed E-state index contributed by atoms with van der Waals surface area (Å²) in [6, 6.07) is 5.26. The van der Waals surface area contributed by atoms with Crippen molar-refractivity contribution >= 4 is 21.7 Å². The van der Waals surface area contributed by atoms with Crippen molar-refractivity contribution in [3.05, 3.63) is 52.1 Å². The Labute approximate surface area is 117 Å². The summed E-state index contributed by atoms with van der Waals surface area (Å²) < 4.78 is 33.4. The van der Waals surface area contributed by atoms with E-state index in [2.05, 4.69) is 20.9 Å². The van der Waals surface area contributed by atoms with E-state index < -0.39 is 17.7 Å². The molecular weight excluding hydrogens is 318 g/mol. The first-order chi connectivity index (χ1) is 8.99. The van der Waals surface area contributed by atoms with E-state index in [0.717, 1.165) is 0 Å². The molecule has 2 rings (SSSR count). The number of rotatable bonds is 3. The maximum absolute atomic E-state index is 13.6. The van der Waals surface area contributed by atoms with Crippen LogP contribution in [0.1, 0.15) is 18.6 Å². The normalized spacial score (nSPS) is 12.2. The Bertz CT molecular complexity index is 587. The molecule has 0 saturated heterocycles. The molecule has 1 atom stereocenters. The topological polar surface area (TPSA) is 48.1 Å². The van der Waals surface area contributed by atoms with Crippen LogP contribution < -0.4 is 10.5 Å². The lowest BCUT2D eigenvalue weighted by atomic mass is 10.1. The number of halogens is 3. The maximum Gasteiger partial charge on any atom is 0.166 e. The smallest absolute Gasteiger partial charge is 0.166 e. The maximum atomic E-state index is 13.6. The van der Waals surface area contributed by atoms with Crippen LogP contribution in [-0.2, 0) is 0 Å². The first kappa shape index (κ1) is 13.7. The van der Waals surface area contributed by atoms with Gasteiger partial charge < -0.3 is 10.5 Å². The Hall–Kier alpha value is -1.69. The van der Waals surface area contributed by atoms with Gasteiger partial charge in [-0.1, -0.05) is 6.07 Å². The summed E-state index contributed by atoms with van der Waals surface area (Å²) in [5.74, 6) is -0.889. The largest absolute Gasteiger partial charge is 0.482 e. The van der Waals surface area contributed by atoms with Gasteiger partial charge in [0, 0.05) is 10.7 Å². The number of hydrogen-bond donors (Lipinski definition) is 1. The fourth-order valence-corrected chi connectivity index (χ4v) is 1.98. The zero-order valence-electron chi connectivity index (χ0n) is 10.0. The van der Waals surface area contributed by atoms with Gasteiger partial charge in [0.25, 0.3) is 0 Å². The molecule has 1 aromatic heterocycles. The van der Waals surface area contributed by atoms with Gasteiger partial charge in [-0.3, -0.25) is 0 Å². The molecule has 0 amide bonds. The van der Waals surface area contributed by atoms with Gasteiger partial charge in [0.05, 0.1) is 5.56 Å². The average Bonchev–Trinajstić information content (AvgIpc) is 2.33. The molecule has 1 heterocycles. The second-order valence-electron chi connectivity index (χ2n) is 3.93. The van der Waals surface area contributed by atoms with Gasteiger partial charge in [0.15, 0.2) is 11.6 Å². The zero-order chi connectivity index (χ0) is 14.0. The third kappa shape index (κ3) is 3.01. The van der Waals surface area contributed by atoms with Gasteiger partial charge in [-0.25, -0.2) is 13.8 Å². The van der Waals surface area contributed by atoms with Crippen LogP contribution in [0, 0.1) is 11.6 Å². The van der Waals surface area contributed by atoms with E-state index in [9.17, 15) is 8.78 Å². The molecule has 0 unspecified atom stereocenters. The van der Waals surface area contributed by atoms with Crippen LogP contribution in [-0.4, -0.2) is 4.98 Å². The fraction of sp³-hybridized carbons (Fsp3) is 0.154. The minimum atomic E-state index is -0.820. The molecule has 19 heavy (non-hydrogen) atoms. The monoisotopic (exact) mass is 328 g/mol. The molecular formula is C13H11BrF2N2O. The molecule has 0 aliphatic rings. The molecule has 0 radical (unpaired) electrons. The second kappa shape index (κ2) is 5.52. The van der Waals surface area contributed by atoms with Crippen molar-refractivity contribution in [2.75, 3.05) is 5.73 Å². The Balaban J connectivity index is 2.31. The van der Waals surface area contributed by atoms with Crippen LogP contribution in [0.2, 0.25) is 0 Å². The highest BCUT2D eigenvalue weighted by molar-refractivity contribution is 9.10. The van der Waals surface area contributed by atoms with Gasteiger partial charge in [0.2, 0.25) is 0 Å². The standard InChI is InChI=1S/C13H11BrF2N2O/c1-7(12-9(15)3-2-4-10(12)16)19-11-5-8(14)6-18-13(11)17/h2-7H,1H3,(H2,17,18)/t7-/m1/s1. The number of pyridine rings is 1. The lowest BCUT2D eigenvalue weighted by Crippen LogP contribution is -2.09. The molecule has 100 valence electrons. The number of nitrogen functional groups attached to an aromatic ring is 1. The quantitative estimate of drug-likeness (QED) is 0.931. The van der Waals surface area contributed by atoms with Gasteiger partial charge in [-0.15, -0.1) is 0 Å². The highest BCUT2D eigenvalue weighted by Crippen LogP contribution is 2.30. The molecule has 0 aliphatic carbocycles. The number of aromatic nitrogens is 1. The second-order valence-corrected chi connectivity index (χ2v) is 4.85. The van der Waals surface area contributed by atoms with Crippen molar-refractivity contribution in [1.29, 1.82) is 0 Å². The molecule has 3 nitrogen and oxygen atoms in total. The predicted molar refractivity (Wildman–Crippen MR) is 71.8 cm³/mol. The number of nitrogens with zero attached hydrogens (tertiary/aromatic N) is 1. The SMILES string of the molecule is C[C@@H](Oc1cc(Br)cnc1N)c1c(F)cccc1F. The van der Waals surface area contributed by atoms with E-state index >= 15 is 0 Å². The van der Waals surface area contributed by atoms with E-state index in [1.54, 1.807) is 13.0 Å². The molecule has 2 aromatic rings. The van der Waals surface area contributed by atoms with Crippen molar-refractivity contribution in [3.8, 4) is 5.75 Å². The van der Waals surface area contributed by atoms with Crippen LogP contribution in [0.3, 0.4) is 0 Å². The Morgan fingerprint density at radius 1 is 1.32 bits per heavy atom. The first-order valence-corrected chi connectivity index (χ1v) is 6.30. The van der Waals surface area contributed by atoms with E-state index in [-0.39, 0.29) is 17.1 Å². The molecule has 0 saturated carbocycles. The minimum Gasteiger partial charge on any atom is -0.482 e. The third-order valence-electron chi connectivity index (χ3n) is 2.56. The molecule has 6 heteroatoms. The van der Waals surface area contributed by atoms with Crippen molar-refractivity contribution in [2.24, 2.45) is 0 Å². The lowest BCUT2D eigenvalue weighted by Gasteiger charge is -2.17. The van der Waals surface area contributed by atoms with Crippen LogP contribution >= 0.6 is 15.9 Å². The number of benzene rings is 1. The number of anilines is 1. The number of ether oxygens (including phenoxy) is 1. The van der Waals surface area contributed by atoms with Crippen molar-refractivity contribution in [3.63, 3.8) is 0 Å². The van der Waals surface area contributed by atoms with E-state index in [4.69, 9.17) is 10.5 Å². The van der Waals surface area contributed by atoms with E-state index in [1.165, 1.54) is 24.4 Å². The summed E-state index contributed by atoms with van der Waals surface area (Å²) in [4.78, 5) is 3.89. The summed E-state index contributed by atoms with van der Waals surface area (Å²) in [5.41, 5.74) is 5.51.